The van der Waals surface area contributed by atoms with Crippen LogP contribution in [0, 0.1) is 0 Å². The largest absolute Gasteiger partial charge is 0.481 e. The standard InChI is InChI=1S/C20H26N4O4S/c1-20(2,3)28-19(26)24-9-7-13(8-10-24)18-23-15(12-29-18)17(25)22-14-5-6-16(27-4)21-11-14/h5-6,11-13H,7-10H2,1-4H3,(H,22,25). The van der Waals surface area contributed by atoms with Crippen LogP contribution in [-0.4, -0.2) is 52.7 Å². The number of nitrogens with one attached hydrogen (secondary N) is 1. The van der Waals surface area contributed by atoms with Gasteiger partial charge >= 0.3 is 6.09 Å². The van der Waals surface area contributed by atoms with Crippen LogP contribution < -0.4 is 10.1 Å². The molecule has 3 rings (SSSR count). The number of aromatic nitrogens is 2. The first-order valence-electron chi connectivity index (χ1n) is 9.50. The molecule has 3 heterocycles. The second-order valence-electron chi connectivity index (χ2n) is 7.86. The summed E-state index contributed by atoms with van der Waals surface area (Å²) in [6.45, 7) is 6.84. The summed E-state index contributed by atoms with van der Waals surface area (Å²) in [5.41, 5.74) is 0.469. The van der Waals surface area contributed by atoms with Gasteiger partial charge in [0, 0.05) is 30.5 Å². The number of hydrogen-bond acceptors (Lipinski definition) is 7. The van der Waals surface area contributed by atoms with E-state index in [1.165, 1.54) is 24.6 Å². The fraction of sp³-hybridized carbons (Fsp3) is 0.500. The van der Waals surface area contributed by atoms with Gasteiger partial charge in [0.15, 0.2) is 0 Å². The maximum atomic E-state index is 12.4. The first-order chi connectivity index (χ1) is 13.7. The Morgan fingerprint density at radius 1 is 1.24 bits per heavy atom. The lowest BCUT2D eigenvalue weighted by molar-refractivity contribution is 0.0205. The van der Waals surface area contributed by atoms with E-state index in [-0.39, 0.29) is 17.9 Å². The van der Waals surface area contributed by atoms with E-state index in [9.17, 15) is 9.59 Å². The summed E-state index contributed by atoms with van der Waals surface area (Å²) in [7, 11) is 1.54. The number of ether oxygens (including phenoxy) is 2. The van der Waals surface area contributed by atoms with Crippen LogP contribution in [-0.2, 0) is 4.74 Å². The number of amides is 2. The molecular weight excluding hydrogens is 392 g/mol. The second-order valence-corrected chi connectivity index (χ2v) is 8.75. The number of anilines is 1. The first-order valence-corrected chi connectivity index (χ1v) is 10.4. The summed E-state index contributed by atoms with van der Waals surface area (Å²) in [4.78, 5) is 35.0. The highest BCUT2D eigenvalue weighted by atomic mass is 32.1. The van der Waals surface area contributed by atoms with Crippen molar-refractivity contribution < 1.29 is 19.1 Å². The quantitative estimate of drug-likeness (QED) is 0.809. The number of methoxy groups -OCH3 is 1. The van der Waals surface area contributed by atoms with E-state index in [1.54, 1.807) is 22.4 Å². The number of rotatable bonds is 4. The smallest absolute Gasteiger partial charge is 0.410 e. The van der Waals surface area contributed by atoms with Crippen molar-refractivity contribution in [2.45, 2.75) is 45.1 Å². The predicted octanol–water partition coefficient (Wildman–Crippen LogP) is 3.91. The Labute approximate surface area is 174 Å². The van der Waals surface area contributed by atoms with Crippen LogP contribution in [0.1, 0.15) is 55.0 Å². The molecule has 29 heavy (non-hydrogen) atoms. The molecule has 0 spiro atoms. The van der Waals surface area contributed by atoms with E-state index in [1.807, 2.05) is 20.8 Å². The van der Waals surface area contributed by atoms with Crippen molar-refractivity contribution >= 4 is 29.0 Å². The lowest BCUT2D eigenvalue weighted by atomic mass is 9.98. The molecule has 0 atom stereocenters. The Morgan fingerprint density at radius 3 is 2.55 bits per heavy atom. The van der Waals surface area contributed by atoms with Gasteiger partial charge in [-0.05, 0) is 39.7 Å². The molecule has 1 saturated heterocycles. The van der Waals surface area contributed by atoms with E-state index >= 15 is 0 Å². The molecular formula is C20H26N4O4S. The minimum Gasteiger partial charge on any atom is -0.481 e. The van der Waals surface area contributed by atoms with Gasteiger partial charge in [0.05, 0.1) is 24.0 Å². The van der Waals surface area contributed by atoms with Gasteiger partial charge in [-0.1, -0.05) is 0 Å². The van der Waals surface area contributed by atoms with E-state index in [0.29, 0.717) is 30.4 Å². The maximum Gasteiger partial charge on any atom is 0.410 e. The minimum atomic E-state index is -0.495. The molecule has 2 amide bonds. The zero-order valence-corrected chi connectivity index (χ0v) is 17.9. The molecule has 0 radical (unpaired) electrons. The SMILES string of the molecule is COc1ccc(NC(=O)c2csc(C3CCN(C(=O)OC(C)(C)C)CC3)n2)cn1. The molecule has 8 nitrogen and oxygen atoms in total. The lowest BCUT2D eigenvalue weighted by Gasteiger charge is -2.32. The monoisotopic (exact) mass is 418 g/mol. The third-order valence-electron chi connectivity index (χ3n) is 4.45. The van der Waals surface area contributed by atoms with Crippen molar-refractivity contribution in [3.05, 3.63) is 34.4 Å². The van der Waals surface area contributed by atoms with Gasteiger partial charge in [-0.25, -0.2) is 14.8 Å². The van der Waals surface area contributed by atoms with Crippen molar-refractivity contribution in [2.24, 2.45) is 0 Å². The third kappa shape index (κ3) is 5.66. The Bertz CT molecular complexity index is 852. The van der Waals surface area contributed by atoms with Crippen LogP contribution in [0.3, 0.4) is 0 Å². The topological polar surface area (TPSA) is 93.7 Å². The van der Waals surface area contributed by atoms with Crippen LogP contribution in [0.5, 0.6) is 5.88 Å². The van der Waals surface area contributed by atoms with Crippen molar-refractivity contribution in [3.8, 4) is 5.88 Å². The summed E-state index contributed by atoms with van der Waals surface area (Å²) in [5, 5.41) is 5.48. The van der Waals surface area contributed by atoms with E-state index in [2.05, 4.69) is 15.3 Å². The number of thiazole rings is 1. The van der Waals surface area contributed by atoms with Gasteiger partial charge in [0.1, 0.15) is 11.3 Å². The number of nitrogens with zero attached hydrogens (tertiary/aromatic N) is 3. The number of piperidine rings is 1. The molecule has 1 fully saturated rings. The fourth-order valence-electron chi connectivity index (χ4n) is 2.99. The van der Waals surface area contributed by atoms with Gasteiger partial charge < -0.3 is 19.7 Å². The van der Waals surface area contributed by atoms with Gasteiger partial charge in [0.25, 0.3) is 5.91 Å². The molecule has 0 saturated carbocycles. The molecule has 1 aliphatic heterocycles. The molecule has 9 heteroatoms. The van der Waals surface area contributed by atoms with Crippen molar-refractivity contribution in [1.82, 2.24) is 14.9 Å². The average molecular weight is 419 g/mol. The molecule has 0 aliphatic carbocycles. The molecule has 2 aromatic rings. The van der Waals surface area contributed by atoms with Gasteiger partial charge in [-0.2, -0.15) is 0 Å². The third-order valence-corrected chi connectivity index (χ3v) is 5.46. The molecule has 156 valence electrons. The van der Waals surface area contributed by atoms with Crippen molar-refractivity contribution in [1.29, 1.82) is 0 Å². The van der Waals surface area contributed by atoms with Gasteiger partial charge in [0.2, 0.25) is 5.88 Å². The van der Waals surface area contributed by atoms with E-state index < -0.39 is 5.60 Å². The van der Waals surface area contributed by atoms with Crippen LogP contribution >= 0.6 is 11.3 Å². The fourth-order valence-corrected chi connectivity index (χ4v) is 3.96. The number of pyridine rings is 1. The normalized spacial score (nSPS) is 15.1. The Morgan fingerprint density at radius 2 is 1.97 bits per heavy atom. The summed E-state index contributed by atoms with van der Waals surface area (Å²) in [6, 6.07) is 3.41. The van der Waals surface area contributed by atoms with Crippen molar-refractivity contribution in [2.75, 3.05) is 25.5 Å². The molecule has 0 bridgehead atoms. The van der Waals surface area contributed by atoms with E-state index in [0.717, 1.165) is 17.8 Å². The van der Waals surface area contributed by atoms with Gasteiger partial charge in [-0.3, -0.25) is 4.79 Å². The number of carbonyl (C=O) groups is 2. The average Bonchev–Trinajstić information content (AvgIpc) is 3.18. The number of likely N-dealkylation sites (tertiary alicyclic amines) is 1. The molecule has 2 aromatic heterocycles. The summed E-state index contributed by atoms with van der Waals surface area (Å²) in [5.74, 6) is 0.449. The maximum absolute atomic E-state index is 12.4. The number of hydrogen-bond donors (Lipinski definition) is 1. The van der Waals surface area contributed by atoms with Crippen LogP contribution in [0.4, 0.5) is 10.5 Å². The van der Waals surface area contributed by atoms with Crippen LogP contribution in [0.15, 0.2) is 23.7 Å². The molecule has 0 unspecified atom stereocenters. The van der Waals surface area contributed by atoms with Gasteiger partial charge in [-0.15, -0.1) is 11.3 Å². The second kappa shape index (κ2) is 8.77. The highest BCUT2D eigenvalue weighted by Gasteiger charge is 2.29. The van der Waals surface area contributed by atoms with E-state index in [4.69, 9.17) is 9.47 Å². The highest BCUT2D eigenvalue weighted by Crippen LogP contribution is 2.31. The Hall–Kier alpha value is -2.68. The first kappa shape index (κ1) is 21.0. The Balaban J connectivity index is 1.55. The Kier molecular flexibility index (Phi) is 6.36. The summed E-state index contributed by atoms with van der Waals surface area (Å²) < 4.78 is 10.4. The predicted molar refractivity (Wildman–Crippen MR) is 111 cm³/mol. The molecule has 0 aromatic carbocycles. The molecule has 1 N–H and O–H groups in total. The van der Waals surface area contributed by atoms with Crippen LogP contribution in [0.25, 0.3) is 0 Å². The van der Waals surface area contributed by atoms with Crippen molar-refractivity contribution in [3.63, 3.8) is 0 Å². The zero-order valence-electron chi connectivity index (χ0n) is 17.1. The lowest BCUT2D eigenvalue weighted by Crippen LogP contribution is -2.41. The minimum absolute atomic E-state index is 0.239. The molecule has 1 aliphatic rings. The number of carbonyl (C=O) groups excluding carboxylic acids is 2. The summed E-state index contributed by atoms with van der Waals surface area (Å²) in [6.07, 6.45) is 2.87. The highest BCUT2D eigenvalue weighted by molar-refractivity contribution is 7.10. The van der Waals surface area contributed by atoms with Crippen LogP contribution in [0.2, 0.25) is 0 Å². The zero-order chi connectivity index (χ0) is 21.0. The summed E-state index contributed by atoms with van der Waals surface area (Å²) >= 11 is 1.48.